The summed E-state index contributed by atoms with van der Waals surface area (Å²) in [6.45, 7) is 3.97. The number of benzene rings is 1. The zero-order valence-corrected chi connectivity index (χ0v) is 15.4. The number of nitrogen functional groups attached to an aromatic ring is 1. The number of nitrogens with zero attached hydrogens (tertiary/aromatic N) is 5. The van der Waals surface area contributed by atoms with Crippen LogP contribution in [0.1, 0.15) is 0 Å². The number of rotatable bonds is 3. The van der Waals surface area contributed by atoms with Crippen molar-refractivity contribution in [2.45, 2.75) is 0 Å². The van der Waals surface area contributed by atoms with Gasteiger partial charge in [0.25, 0.3) is 0 Å². The van der Waals surface area contributed by atoms with Gasteiger partial charge in [-0.1, -0.05) is 12.1 Å². The van der Waals surface area contributed by atoms with Gasteiger partial charge in [-0.2, -0.15) is 0 Å². The maximum Gasteiger partial charge on any atom is 0.169 e. The molecule has 1 aromatic carbocycles. The first-order valence-electron chi connectivity index (χ1n) is 9.50. The number of fused-ring (bicyclic) bond motifs is 1. The van der Waals surface area contributed by atoms with Crippen LogP contribution in [0.5, 0.6) is 5.75 Å². The Hall–Kier alpha value is -3.35. The van der Waals surface area contributed by atoms with Crippen molar-refractivity contribution < 1.29 is 5.11 Å². The van der Waals surface area contributed by atoms with Crippen molar-refractivity contribution in [3.8, 4) is 17.0 Å². The number of para-hydroxylation sites is 1. The van der Waals surface area contributed by atoms with Gasteiger partial charge in [0.1, 0.15) is 5.75 Å². The Morgan fingerprint density at radius 1 is 0.893 bits per heavy atom. The molecule has 2 aromatic heterocycles. The molecule has 0 spiro atoms. The topological polar surface area (TPSA) is 91.4 Å². The third kappa shape index (κ3) is 2.89. The summed E-state index contributed by atoms with van der Waals surface area (Å²) in [5.41, 5.74) is 9.60. The minimum absolute atomic E-state index is 0.193. The van der Waals surface area contributed by atoms with Gasteiger partial charge in [-0.3, -0.25) is 4.98 Å². The molecule has 4 heterocycles. The summed E-state index contributed by atoms with van der Waals surface area (Å²) in [7, 11) is 0. The maximum absolute atomic E-state index is 10.1. The maximum atomic E-state index is 10.1. The van der Waals surface area contributed by atoms with E-state index in [-0.39, 0.29) is 5.75 Å². The standard InChI is InChI=1S/C21H22N6O/c22-21-19(9-18(24-25-21)17-3-1-2-4-20(17)28)27-12-14-10-26(11-15(14)13-27)16-5-7-23-8-6-16/h1-9,14-15,28H,10-13H2,(H2,22,25)/t14-,15+. The van der Waals surface area contributed by atoms with Gasteiger partial charge in [-0.05, 0) is 30.3 Å². The Balaban J connectivity index is 1.36. The van der Waals surface area contributed by atoms with Crippen LogP contribution in [-0.4, -0.2) is 46.5 Å². The van der Waals surface area contributed by atoms with Gasteiger partial charge in [0.15, 0.2) is 5.82 Å². The summed E-state index contributed by atoms with van der Waals surface area (Å²) < 4.78 is 0. The van der Waals surface area contributed by atoms with E-state index in [0.717, 1.165) is 31.9 Å². The van der Waals surface area contributed by atoms with Crippen LogP contribution in [0.25, 0.3) is 11.3 Å². The van der Waals surface area contributed by atoms with Crippen LogP contribution in [0.3, 0.4) is 0 Å². The van der Waals surface area contributed by atoms with E-state index in [0.29, 0.717) is 28.9 Å². The molecule has 0 radical (unpaired) electrons. The van der Waals surface area contributed by atoms with Crippen LogP contribution < -0.4 is 15.5 Å². The Labute approximate surface area is 163 Å². The molecule has 0 bridgehead atoms. The molecule has 3 N–H and O–H groups in total. The molecule has 28 heavy (non-hydrogen) atoms. The third-order valence-electron chi connectivity index (χ3n) is 5.84. The summed E-state index contributed by atoms with van der Waals surface area (Å²) in [5.74, 6) is 1.81. The molecular formula is C21H22N6O. The normalized spacial score (nSPS) is 21.1. The van der Waals surface area contributed by atoms with E-state index < -0.39 is 0 Å². The average molecular weight is 374 g/mol. The minimum Gasteiger partial charge on any atom is -0.507 e. The molecule has 0 aliphatic carbocycles. The van der Waals surface area contributed by atoms with E-state index in [1.165, 1.54) is 5.69 Å². The van der Waals surface area contributed by atoms with E-state index >= 15 is 0 Å². The van der Waals surface area contributed by atoms with E-state index in [1.54, 1.807) is 12.1 Å². The van der Waals surface area contributed by atoms with Crippen LogP contribution in [0.2, 0.25) is 0 Å². The summed E-state index contributed by atoms with van der Waals surface area (Å²) >= 11 is 0. The number of anilines is 3. The number of phenolic OH excluding ortho intramolecular Hbond substituents is 1. The van der Waals surface area contributed by atoms with Crippen molar-refractivity contribution in [2.75, 3.05) is 41.7 Å². The van der Waals surface area contributed by atoms with E-state index in [9.17, 15) is 5.11 Å². The molecule has 2 aliphatic heterocycles. The first kappa shape index (κ1) is 16.8. The van der Waals surface area contributed by atoms with Crippen molar-refractivity contribution in [2.24, 2.45) is 11.8 Å². The van der Waals surface area contributed by atoms with E-state index in [4.69, 9.17) is 5.73 Å². The summed E-state index contributed by atoms with van der Waals surface area (Å²) in [6, 6.07) is 13.2. The highest BCUT2D eigenvalue weighted by Crippen LogP contribution is 2.38. The number of aromatic nitrogens is 3. The summed E-state index contributed by atoms with van der Waals surface area (Å²) in [5, 5.41) is 18.5. The van der Waals surface area contributed by atoms with Crippen LogP contribution in [0.4, 0.5) is 17.2 Å². The first-order chi connectivity index (χ1) is 13.7. The van der Waals surface area contributed by atoms with E-state index in [1.807, 2.05) is 30.6 Å². The highest BCUT2D eigenvalue weighted by molar-refractivity contribution is 5.74. The quantitative estimate of drug-likeness (QED) is 0.727. The minimum atomic E-state index is 0.193. The number of aromatic hydroxyl groups is 1. The Morgan fingerprint density at radius 2 is 1.57 bits per heavy atom. The second kappa shape index (κ2) is 6.67. The van der Waals surface area contributed by atoms with Crippen molar-refractivity contribution >= 4 is 17.2 Å². The molecule has 7 nitrogen and oxygen atoms in total. The van der Waals surface area contributed by atoms with Gasteiger partial charge >= 0.3 is 0 Å². The molecule has 7 heteroatoms. The van der Waals surface area contributed by atoms with Crippen LogP contribution >= 0.6 is 0 Å². The lowest BCUT2D eigenvalue weighted by Gasteiger charge is -2.25. The first-order valence-corrected chi connectivity index (χ1v) is 9.50. The highest BCUT2D eigenvalue weighted by atomic mass is 16.3. The lowest BCUT2D eigenvalue weighted by molar-refractivity contribution is 0.477. The van der Waals surface area contributed by atoms with Crippen molar-refractivity contribution in [1.29, 1.82) is 0 Å². The molecule has 142 valence electrons. The van der Waals surface area contributed by atoms with Gasteiger partial charge in [0, 0.05) is 61.7 Å². The molecule has 0 saturated carbocycles. The summed E-state index contributed by atoms with van der Waals surface area (Å²) in [6.07, 6.45) is 3.69. The zero-order valence-electron chi connectivity index (χ0n) is 15.4. The van der Waals surface area contributed by atoms with Gasteiger partial charge in [-0.25, -0.2) is 0 Å². The number of phenols is 1. The van der Waals surface area contributed by atoms with Crippen LogP contribution in [0, 0.1) is 11.8 Å². The lowest BCUT2D eigenvalue weighted by Crippen LogP contribution is -2.29. The van der Waals surface area contributed by atoms with Crippen LogP contribution in [0.15, 0.2) is 54.9 Å². The Bertz CT molecular complexity index is 981. The smallest absolute Gasteiger partial charge is 0.169 e. The SMILES string of the molecule is Nc1nnc(-c2ccccc2O)cc1N1C[C@H]2CN(c3ccncc3)C[C@H]2C1. The second-order valence-electron chi connectivity index (χ2n) is 7.55. The monoisotopic (exact) mass is 374 g/mol. The molecule has 2 aliphatic rings. The average Bonchev–Trinajstić information content (AvgIpc) is 3.29. The van der Waals surface area contributed by atoms with Gasteiger partial charge < -0.3 is 20.6 Å². The second-order valence-corrected chi connectivity index (χ2v) is 7.55. The predicted molar refractivity (Wildman–Crippen MR) is 109 cm³/mol. The largest absolute Gasteiger partial charge is 0.507 e. The molecule has 2 atom stereocenters. The molecule has 5 rings (SSSR count). The number of pyridine rings is 1. The number of hydrogen-bond donors (Lipinski definition) is 2. The Morgan fingerprint density at radius 3 is 2.29 bits per heavy atom. The lowest BCUT2D eigenvalue weighted by atomic mass is 10.0. The number of nitrogens with two attached hydrogens (primary N) is 1. The highest BCUT2D eigenvalue weighted by Gasteiger charge is 2.40. The van der Waals surface area contributed by atoms with Gasteiger partial charge in [0.2, 0.25) is 0 Å². The van der Waals surface area contributed by atoms with Crippen LogP contribution in [-0.2, 0) is 0 Å². The molecule has 0 amide bonds. The number of hydrogen-bond acceptors (Lipinski definition) is 7. The van der Waals surface area contributed by atoms with Crippen molar-refractivity contribution in [3.05, 3.63) is 54.9 Å². The summed E-state index contributed by atoms with van der Waals surface area (Å²) in [4.78, 5) is 8.86. The third-order valence-corrected chi connectivity index (χ3v) is 5.84. The van der Waals surface area contributed by atoms with Crippen molar-refractivity contribution in [1.82, 2.24) is 15.2 Å². The van der Waals surface area contributed by atoms with E-state index in [2.05, 4.69) is 37.1 Å². The fraction of sp³-hybridized carbons (Fsp3) is 0.286. The fourth-order valence-electron chi connectivity index (χ4n) is 4.42. The van der Waals surface area contributed by atoms with Gasteiger partial charge in [0.05, 0.1) is 11.4 Å². The zero-order chi connectivity index (χ0) is 19.1. The molecule has 2 fully saturated rings. The molecule has 2 saturated heterocycles. The molecule has 3 aromatic rings. The predicted octanol–water partition coefficient (Wildman–Crippen LogP) is 2.40. The Kier molecular flexibility index (Phi) is 4.00. The fourth-order valence-corrected chi connectivity index (χ4v) is 4.42. The molecular weight excluding hydrogens is 352 g/mol. The van der Waals surface area contributed by atoms with Gasteiger partial charge in [-0.15, -0.1) is 10.2 Å². The van der Waals surface area contributed by atoms with Crippen molar-refractivity contribution in [3.63, 3.8) is 0 Å². The molecule has 0 unspecified atom stereocenters.